The summed E-state index contributed by atoms with van der Waals surface area (Å²) in [5.41, 5.74) is 4.39. The summed E-state index contributed by atoms with van der Waals surface area (Å²) in [6.45, 7) is -0.756. The van der Waals surface area contributed by atoms with E-state index >= 15 is 0 Å². The smallest absolute Gasteiger partial charge is 0.408 e. The molecule has 0 bridgehead atoms. The molecule has 0 spiro atoms. The summed E-state index contributed by atoms with van der Waals surface area (Å²) in [6.07, 6.45) is 5.87. The van der Waals surface area contributed by atoms with Crippen LogP contribution in [0.5, 0.6) is 11.5 Å². The van der Waals surface area contributed by atoms with E-state index in [1.165, 1.54) is 18.3 Å². The van der Waals surface area contributed by atoms with Gasteiger partial charge in [0.2, 0.25) is 5.91 Å². The quantitative estimate of drug-likeness (QED) is 0.0887. The van der Waals surface area contributed by atoms with Gasteiger partial charge in [0.15, 0.2) is 0 Å². The van der Waals surface area contributed by atoms with Crippen molar-refractivity contribution in [1.82, 2.24) is 16.1 Å². The van der Waals surface area contributed by atoms with Crippen LogP contribution in [0, 0.1) is 12.3 Å². The highest BCUT2D eigenvalue weighted by molar-refractivity contribution is 6.03. The fraction of sp³-hybridized carbons (Fsp3) is 0.176. The number of carbonyl (C=O) groups is 3. The van der Waals surface area contributed by atoms with Crippen LogP contribution in [0.1, 0.15) is 16.7 Å². The topological polar surface area (TPSA) is 159 Å². The number of fused-ring (bicyclic) bond motifs is 1. The highest BCUT2D eigenvalue weighted by atomic mass is 16.5. The molecule has 2 atom stereocenters. The first-order chi connectivity index (χ1) is 21.9. The van der Waals surface area contributed by atoms with Crippen molar-refractivity contribution in [3.63, 3.8) is 0 Å². The Morgan fingerprint density at radius 1 is 0.867 bits per heavy atom. The lowest BCUT2D eigenvalue weighted by Gasteiger charge is -2.21. The van der Waals surface area contributed by atoms with Gasteiger partial charge in [-0.2, -0.15) is 5.10 Å². The van der Waals surface area contributed by atoms with Gasteiger partial charge in [0.05, 0.1) is 12.8 Å². The van der Waals surface area contributed by atoms with E-state index in [0.717, 1.165) is 16.3 Å². The average Bonchev–Trinajstić information content (AvgIpc) is 3.06. The molecule has 0 aliphatic carbocycles. The number of nitrogens with one attached hydrogen (secondary N) is 3. The molecule has 4 aromatic rings. The minimum absolute atomic E-state index is 0.00870. The van der Waals surface area contributed by atoms with E-state index in [4.69, 9.17) is 15.9 Å². The summed E-state index contributed by atoms with van der Waals surface area (Å²) >= 11 is 0. The molecule has 11 heteroatoms. The van der Waals surface area contributed by atoms with E-state index in [-0.39, 0.29) is 25.4 Å². The Morgan fingerprint density at radius 3 is 2.33 bits per heavy atom. The molecule has 0 unspecified atom stereocenters. The molecular weight excluding hydrogens is 576 g/mol. The van der Waals surface area contributed by atoms with Gasteiger partial charge in [0.1, 0.15) is 36.8 Å². The van der Waals surface area contributed by atoms with E-state index in [9.17, 15) is 24.6 Å². The zero-order valence-corrected chi connectivity index (χ0v) is 24.2. The van der Waals surface area contributed by atoms with Crippen LogP contribution in [0.25, 0.3) is 10.8 Å². The summed E-state index contributed by atoms with van der Waals surface area (Å²) in [5.74, 6) is 1.42. The number of phenols is 1. The Balaban J connectivity index is 1.48. The van der Waals surface area contributed by atoms with Crippen molar-refractivity contribution >= 4 is 34.9 Å². The molecule has 0 heterocycles. The summed E-state index contributed by atoms with van der Waals surface area (Å²) in [7, 11) is 0. The van der Waals surface area contributed by atoms with Gasteiger partial charge >= 0.3 is 6.09 Å². The first-order valence-electron chi connectivity index (χ1n) is 13.9. The zero-order chi connectivity index (χ0) is 32.0. The Kier molecular flexibility index (Phi) is 11.5. The molecule has 3 amide bonds. The van der Waals surface area contributed by atoms with Crippen LogP contribution in [0.15, 0.2) is 96.1 Å². The maximum Gasteiger partial charge on any atom is 0.408 e. The molecule has 230 valence electrons. The van der Waals surface area contributed by atoms with Crippen molar-refractivity contribution in [1.29, 1.82) is 0 Å². The molecule has 5 N–H and O–H groups in total. The number of hydrogen-bond acceptors (Lipinski definition) is 8. The molecular formula is C34H32N4O7. The molecule has 0 fully saturated rings. The van der Waals surface area contributed by atoms with E-state index in [1.54, 1.807) is 42.5 Å². The number of alkyl carbamates (subject to hydrolysis) is 1. The maximum atomic E-state index is 13.3. The molecule has 0 saturated carbocycles. The molecule has 4 aromatic carbocycles. The Morgan fingerprint density at radius 2 is 1.60 bits per heavy atom. The first-order valence-corrected chi connectivity index (χ1v) is 13.9. The van der Waals surface area contributed by atoms with Gasteiger partial charge in [0.25, 0.3) is 5.91 Å². The summed E-state index contributed by atoms with van der Waals surface area (Å²) in [4.78, 5) is 38.8. The largest absolute Gasteiger partial charge is 0.508 e. The Labute approximate surface area is 259 Å². The minimum Gasteiger partial charge on any atom is -0.508 e. The second-order valence-electron chi connectivity index (χ2n) is 9.80. The molecule has 0 radical (unpaired) electrons. The number of carbonyl (C=O) groups excluding carboxylic acids is 3. The third-order valence-corrected chi connectivity index (χ3v) is 6.62. The number of ether oxygens (including phenoxy) is 2. The highest BCUT2D eigenvalue weighted by Gasteiger charge is 2.27. The lowest BCUT2D eigenvalue weighted by atomic mass is 10.0. The monoisotopic (exact) mass is 608 g/mol. The summed E-state index contributed by atoms with van der Waals surface area (Å²) < 4.78 is 10.8. The van der Waals surface area contributed by atoms with Crippen LogP contribution < -0.4 is 20.8 Å². The lowest BCUT2D eigenvalue weighted by molar-refractivity contribution is -0.130. The van der Waals surface area contributed by atoms with E-state index < -0.39 is 36.6 Å². The van der Waals surface area contributed by atoms with Crippen molar-refractivity contribution in [2.45, 2.75) is 25.1 Å². The molecule has 0 saturated heterocycles. The van der Waals surface area contributed by atoms with E-state index in [0.29, 0.717) is 16.9 Å². The number of hydrogen-bond donors (Lipinski definition) is 5. The van der Waals surface area contributed by atoms with Crippen molar-refractivity contribution < 1.29 is 34.1 Å². The Hall–Kier alpha value is -5.86. The summed E-state index contributed by atoms with van der Waals surface area (Å²) in [6, 6.07) is 23.6. The van der Waals surface area contributed by atoms with Gasteiger partial charge < -0.3 is 30.3 Å². The number of aromatic hydroxyl groups is 1. The number of rotatable bonds is 13. The highest BCUT2D eigenvalue weighted by Crippen LogP contribution is 2.26. The fourth-order valence-electron chi connectivity index (χ4n) is 4.34. The standard InChI is InChI=1S/C34H32N4O7/c1-2-18-44-31-17-14-25-10-6-7-11-27(25)28(31)20-35-38-33(42)29(19-23-12-15-26(40)16-13-23)36-32(41)30(21-39)37-34(43)45-22-24-8-4-3-5-9-24/h1,3-17,20,29-30,39-40H,18-19,21-22H2,(H,36,41)(H,37,43)(H,38,42)/b35-20-/t29-,30-/m0/s1. The average molecular weight is 609 g/mol. The second-order valence-corrected chi connectivity index (χ2v) is 9.80. The van der Waals surface area contributed by atoms with Crippen LogP contribution in [-0.4, -0.2) is 59.6 Å². The molecule has 4 rings (SSSR count). The van der Waals surface area contributed by atoms with Crippen molar-refractivity contribution in [2.24, 2.45) is 5.10 Å². The molecule has 0 aliphatic heterocycles. The van der Waals surface area contributed by atoms with Crippen LogP contribution in [-0.2, 0) is 27.4 Å². The molecule has 0 aromatic heterocycles. The molecule has 11 nitrogen and oxygen atoms in total. The fourth-order valence-corrected chi connectivity index (χ4v) is 4.34. The first kappa shape index (κ1) is 32.1. The van der Waals surface area contributed by atoms with E-state index in [1.807, 2.05) is 36.4 Å². The predicted molar refractivity (Wildman–Crippen MR) is 168 cm³/mol. The third kappa shape index (κ3) is 9.31. The number of aliphatic hydroxyl groups is 1. The normalized spacial score (nSPS) is 12.1. The third-order valence-electron chi connectivity index (χ3n) is 6.62. The predicted octanol–water partition coefficient (Wildman–Crippen LogP) is 3.02. The molecule has 45 heavy (non-hydrogen) atoms. The van der Waals surface area contributed by atoms with Gasteiger partial charge in [-0.25, -0.2) is 10.2 Å². The van der Waals surface area contributed by atoms with Crippen LogP contribution >= 0.6 is 0 Å². The number of hydrazone groups is 1. The second kappa shape index (κ2) is 16.1. The van der Waals surface area contributed by atoms with Crippen molar-refractivity contribution in [3.05, 3.63) is 108 Å². The van der Waals surface area contributed by atoms with Crippen molar-refractivity contribution in [2.75, 3.05) is 13.2 Å². The van der Waals surface area contributed by atoms with E-state index in [2.05, 4.69) is 27.1 Å². The number of phenolic OH excluding ortho intramolecular Hbond substituents is 1. The number of amides is 3. The van der Waals surface area contributed by atoms with Gasteiger partial charge in [0, 0.05) is 12.0 Å². The zero-order valence-electron chi connectivity index (χ0n) is 24.2. The lowest BCUT2D eigenvalue weighted by Crippen LogP contribution is -2.55. The van der Waals surface area contributed by atoms with Crippen LogP contribution in [0.2, 0.25) is 0 Å². The minimum atomic E-state index is -1.40. The van der Waals surface area contributed by atoms with Gasteiger partial charge in [-0.15, -0.1) is 6.42 Å². The van der Waals surface area contributed by atoms with Gasteiger partial charge in [-0.3, -0.25) is 9.59 Å². The van der Waals surface area contributed by atoms with Gasteiger partial charge in [-0.05, 0) is 40.1 Å². The number of benzene rings is 4. The number of nitrogens with zero attached hydrogens (tertiary/aromatic N) is 1. The SMILES string of the molecule is C#CCOc1ccc2ccccc2c1/C=N\NC(=O)[C@H](Cc1ccc(O)cc1)NC(=O)[C@H](CO)NC(=O)OCc1ccccc1. The number of aliphatic hydroxyl groups excluding tert-OH is 1. The maximum absolute atomic E-state index is 13.3. The van der Waals surface area contributed by atoms with Gasteiger partial charge in [-0.1, -0.05) is 78.7 Å². The Bertz CT molecular complexity index is 1680. The van der Waals surface area contributed by atoms with Crippen LogP contribution in [0.3, 0.4) is 0 Å². The number of terminal acetylenes is 1. The molecule has 0 aliphatic rings. The van der Waals surface area contributed by atoms with Crippen LogP contribution in [0.4, 0.5) is 4.79 Å². The van der Waals surface area contributed by atoms with Crippen molar-refractivity contribution in [3.8, 4) is 23.8 Å². The summed E-state index contributed by atoms with van der Waals surface area (Å²) in [5, 5.41) is 30.2.